The van der Waals surface area contributed by atoms with Gasteiger partial charge in [0.05, 0.1) is 0 Å². The average molecular weight is 357 g/mol. The molecule has 0 aliphatic rings. The van der Waals surface area contributed by atoms with Crippen LogP contribution in [0, 0.1) is 0 Å². The second-order valence-corrected chi connectivity index (χ2v) is 8.13. The number of carbonyl (C=O) groups excluding carboxylic acids is 1. The summed E-state index contributed by atoms with van der Waals surface area (Å²) in [6.07, 6.45) is 3.24. The van der Waals surface area contributed by atoms with Crippen molar-refractivity contribution in [2.75, 3.05) is 14.1 Å². The van der Waals surface area contributed by atoms with Gasteiger partial charge in [0.25, 0.3) is 0 Å². The SMILES string of the molecule is CN(C)Cc1cn(C(=O)OC(C)(C)C)c2ncc(-c3ccsc3)cc12. The predicted molar refractivity (Wildman–Crippen MR) is 102 cm³/mol. The van der Waals surface area contributed by atoms with Gasteiger partial charge in [0.2, 0.25) is 0 Å². The highest BCUT2D eigenvalue weighted by molar-refractivity contribution is 7.08. The van der Waals surface area contributed by atoms with E-state index in [0.717, 1.165) is 28.6 Å². The number of rotatable bonds is 3. The van der Waals surface area contributed by atoms with Crippen molar-refractivity contribution in [3.05, 3.63) is 40.8 Å². The third kappa shape index (κ3) is 3.91. The second kappa shape index (κ2) is 6.61. The Morgan fingerprint density at radius 3 is 2.68 bits per heavy atom. The summed E-state index contributed by atoms with van der Waals surface area (Å²) in [5.74, 6) is 0. The molecule has 0 aliphatic heterocycles. The summed E-state index contributed by atoms with van der Waals surface area (Å²) >= 11 is 1.66. The summed E-state index contributed by atoms with van der Waals surface area (Å²) in [6, 6.07) is 4.17. The van der Waals surface area contributed by atoms with Gasteiger partial charge < -0.3 is 9.64 Å². The van der Waals surface area contributed by atoms with Gasteiger partial charge in [0.15, 0.2) is 0 Å². The summed E-state index contributed by atoms with van der Waals surface area (Å²) in [4.78, 5) is 19.2. The second-order valence-electron chi connectivity index (χ2n) is 7.35. The van der Waals surface area contributed by atoms with Crippen molar-refractivity contribution in [3.63, 3.8) is 0 Å². The average Bonchev–Trinajstić information content (AvgIpc) is 3.13. The van der Waals surface area contributed by atoms with Crippen molar-refractivity contribution in [2.45, 2.75) is 32.9 Å². The maximum atomic E-state index is 12.6. The van der Waals surface area contributed by atoms with Crippen LogP contribution >= 0.6 is 11.3 Å². The molecule has 3 rings (SSSR count). The van der Waals surface area contributed by atoms with Gasteiger partial charge in [-0.1, -0.05) is 0 Å². The lowest BCUT2D eigenvalue weighted by atomic mass is 10.1. The van der Waals surface area contributed by atoms with Gasteiger partial charge in [-0.05, 0) is 68.9 Å². The zero-order chi connectivity index (χ0) is 18.2. The fourth-order valence-corrected chi connectivity index (χ4v) is 3.34. The van der Waals surface area contributed by atoms with E-state index >= 15 is 0 Å². The van der Waals surface area contributed by atoms with Crippen LogP contribution in [0.3, 0.4) is 0 Å². The fraction of sp³-hybridized carbons (Fsp3) is 0.368. The van der Waals surface area contributed by atoms with Crippen molar-refractivity contribution < 1.29 is 9.53 Å². The Hall–Kier alpha value is -2.18. The number of aromatic nitrogens is 2. The van der Waals surface area contributed by atoms with E-state index < -0.39 is 11.7 Å². The van der Waals surface area contributed by atoms with Gasteiger partial charge in [0.1, 0.15) is 11.2 Å². The van der Waals surface area contributed by atoms with E-state index in [2.05, 4.69) is 27.4 Å². The van der Waals surface area contributed by atoms with Crippen molar-refractivity contribution in [1.29, 1.82) is 0 Å². The van der Waals surface area contributed by atoms with Gasteiger partial charge in [-0.25, -0.2) is 14.3 Å². The predicted octanol–water partition coefficient (Wildman–Crippen LogP) is 4.61. The smallest absolute Gasteiger partial charge is 0.420 e. The molecule has 25 heavy (non-hydrogen) atoms. The molecule has 0 saturated carbocycles. The maximum Gasteiger partial charge on any atom is 0.420 e. The zero-order valence-electron chi connectivity index (χ0n) is 15.2. The number of hydrogen-bond acceptors (Lipinski definition) is 5. The number of nitrogens with zero attached hydrogens (tertiary/aromatic N) is 3. The normalized spacial score (nSPS) is 12.1. The third-order valence-corrected chi connectivity index (χ3v) is 4.34. The van der Waals surface area contributed by atoms with E-state index in [1.54, 1.807) is 11.3 Å². The molecule has 5 nitrogen and oxygen atoms in total. The lowest BCUT2D eigenvalue weighted by Crippen LogP contribution is -2.27. The summed E-state index contributed by atoms with van der Waals surface area (Å²) < 4.78 is 7.04. The standard InChI is InChI=1S/C19H23N3O2S/c1-19(2,3)24-18(23)22-11-15(10-21(4)5)16-8-14(9-20-17(16)22)13-6-7-25-12-13/h6-9,11-12H,10H2,1-5H3. The quantitative estimate of drug-likeness (QED) is 0.687. The van der Waals surface area contributed by atoms with E-state index in [9.17, 15) is 4.79 Å². The molecule has 6 heteroatoms. The van der Waals surface area contributed by atoms with Crippen molar-refractivity contribution >= 4 is 28.5 Å². The van der Waals surface area contributed by atoms with Gasteiger partial charge in [-0.2, -0.15) is 11.3 Å². The Bertz CT molecular complexity index is 889. The van der Waals surface area contributed by atoms with Crippen molar-refractivity contribution in [1.82, 2.24) is 14.5 Å². The summed E-state index contributed by atoms with van der Waals surface area (Å²) in [6.45, 7) is 6.30. The Labute approximate surface area is 151 Å². The topological polar surface area (TPSA) is 47.4 Å². The van der Waals surface area contributed by atoms with Crippen LogP contribution in [0.1, 0.15) is 26.3 Å². The first kappa shape index (κ1) is 17.6. The molecule has 0 fully saturated rings. The molecule has 0 aromatic carbocycles. The Kier molecular flexibility index (Phi) is 4.67. The Morgan fingerprint density at radius 2 is 2.08 bits per heavy atom. The van der Waals surface area contributed by atoms with Gasteiger partial charge in [-0.3, -0.25) is 0 Å². The van der Waals surface area contributed by atoms with Crippen LogP contribution in [0.25, 0.3) is 22.2 Å². The molecule has 0 atom stereocenters. The van der Waals surface area contributed by atoms with Crippen LogP contribution in [-0.2, 0) is 11.3 Å². The highest BCUT2D eigenvalue weighted by Gasteiger charge is 2.22. The third-order valence-electron chi connectivity index (χ3n) is 3.66. The highest BCUT2D eigenvalue weighted by Crippen LogP contribution is 2.28. The summed E-state index contributed by atoms with van der Waals surface area (Å²) in [5.41, 5.74) is 3.32. The minimum absolute atomic E-state index is 0.404. The van der Waals surface area contributed by atoms with Crippen LogP contribution in [0.4, 0.5) is 4.79 Å². The van der Waals surface area contributed by atoms with Crippen LogP contribution in [-0.4, -0.2) is 40.2 Å². The van der Waals surface area contributed by atoms with E-state index in [1.807, 2.05) is 52.6 Å². The minimum atomic E-state index is -0.550. The molecule has 0 spiro atoms. The summed E-state index contributed by atoms with van der Waals surface area (Å²) in [7, 11) is 4.01. The number of hydrogen-bond donors (Lipinski definition) is 0. The molecule has 0 radical (unpaired) electrons. The number of fused-ring (bicyclic) bond motifs is 1. The molecule has 0 amide bonds. The first-order chi connectivity index (χ1) is 11.7. The molecule has 0 aliphatic carbocycles. The molecule has 132 valence electrons. The number of carbonyl (C=O) groups is 1. The Balaban J connectivity index is 2.11. The molecular weight excluding hydrogens is 334 g/mol. The minimum Gasteiger partial charge on any atom is -0.443 e. The monoisotopic (exact) mass is 357 g/mol. The molecule has 3 aromatic heterocycles. The molecule has 3 aromatic rings. The van der Waals surface area contributed by atoms with E-state index in [4.69, 9.17) is 4.74 Å². The van der Waals surface area contributed by atoms with Crippen molar-refractivity contribution in [2.24, 2.45) is 0 Å². The fourth-order valence-electron chi connectivity index (χ4n) is 2.68. The molecule has 0 bridgehead atoms. The first-order valence-electron chi connectivity index (χ1n) is 8.15. The van der Waals surface area contributed by atoms with Gasteiger partial charge in [-0.15, -0.1) is 0 Å². The van der Waals surface area contributed by atoms with Crippen LogP contribution < -0.4 is 0 Å². The van der Waals surface area contributed by atoms with Crippen LogP contribution in [0.2, 0.25) is 0 Å². The number of ether oxygens (including phenoxy) is 1. The van der Waals surface area contributed by atoms with Crippen LogP contribution in [0.5, 0.6) is 0 Å². The summed E-state index contributed by atoms with van der Waals surface area (Å²) in [5, 5.41) is 5.12. The largest absolute Gasteiger partial charge is 0.443 e. The zero-order valence-corrected chi connectivity index (χ0v) is 16.1. The molecular formula is C19H23N3O2S. The van der Waals surface area contributed by atoms with Crippen molar-refractivity contribution in [3.8, 4) is 11.1 Å². The molecule has 0 N–H and O–H groups in total. The van der Waals surface area contributed by atoms with E-state index in [1.165, 1.54) is 4.57 Å². The molecule has 0 saturated heterocycles. The molecule has 0 unspecified atom stereocenters. The lowest BCUT2D eigenvalue weighted by Gasteiger charge is -2.19. The van der Waals surface area contributed by atoms with Gasteiger partial charge in [0, 0.05) is 29.9 Å². The highest BCUT2D eigenvalue weighted by atomic mass is 32.1. The molecule has 3 heterocycles. The maximum absolute atomic E-state index is 12.6. The Morgan fingerprint density at radius 1 is 1.32 bits per heavy atom. The van der Waals surface area contributed by atoms with E-state index in [0.29, 0.717) is 5.65 Å². The number of pyridine rings is 1. The lowest BCUT2D eigenvalue weighted by molar-refractivity contribution is 0.0543. The van der Waals surface area contributed by atoms with Crippen LogP contribution in [0.15, 0.2) is 35.3 Å². The first-order valence-corrected chi connectivity index (χ1v) is 9.09. The van der Waals surface area contributed by atoms with Gasteiger partial charge >= 0.3 is 6.09 Å². The van der Waals surface area contributed by atoms with E-state index in [-0.39, 0.29) is 0 Å². The number of thiophene rings is 1.